The highest BCUT2D eigenvalue weighted by Gasteiger charge is 2.35. The predicted molar refractivity (Wildman–Crippen MR) is 87.0 cm³/mol. The van der Waals surface area contributed by atoms with Crippen LogP contribution in [0.2, 0.25) is 5.02 Å². The molecular weight excluding hydrogens is 286 g/mol. The van der Waals surface area contributed by atoms with Crippen LogP contribution in [0.15, 0.2) is 24.3 Å². The molecule has 1 aliphatic rings. The minimum Gasteiger partial charge on any atom is -0.480 e. The quantitative estimate of drug-likeness (QED) is 0.893. The van der Waals surface area contributed by atoms with Crippen molar-refractivity contribution in [3.8, 4) is 0 Å². The monoisotopic (exact) mass is 309 g/mol. The zero-order valence-corrected chi connectivity index (χ0v) is 13.7. The highest BCUT2D eigenvalue weighted by molar-refractivity contribution is 6.30. The first kappa shape index (κ1) is 16.2. The van der Waals surface area contributed by atoms with Crippen molar-refractivity contribution in [2.24, 2.45) is 11.3 Å². The maximum absolute atomic E-state index is 11.3. The van der Waals surface area contributed by atoms with Gasteiger partial charge in [0.1, 0.15) is 6.54 Å². The van der Waals surface area contributed by atoms with Crippen LogP contribution in [0, 0.1) is 11.3 Å². The van der Waals surface area contributed by atoms with E-state index in [4.69, 9.17) is 11.6 Å². The van der Waals surface area contributed by atoms with Crippen molar-refractivity contribution >= 4 is 23.3 Å². The summed E-state index contributed by atoms with van der Waals surface area (Å²) in [6, 6.07) is 7.75. The second-order valence-electron chi connectivity index (χ2n) is 7.07. The van der Waals surface area contributed by atoms with Crippen molar-refractivity contribution in [2.75, 3.05) is 11.4 Å². The molecule has 2 atom stereocenters. The number of rotatable bonds is 4. The Bertz CT molecular complexity index is 515. The van der Waals surface area contributed by atoms with Crippen LogP contribution >= 0.6 is 11.6 Å². The van der Waals surface area contributed by atoms with E-state index in [0.29, 0.717) is 10.9 Å². The molecule has 0 radical (unpaired) electrons. The number of carbonyl (C=O) groups is 1. The third kappa shape index (κ3) is 4.37. The number of anilines is 1. The fraction of sp³-hybridized carbons (Fsp3) is 0.588. The van der Waals surface area contributed by atoms with Gasteiger partial charge in [0.05, 0.1) is 0 Å². The van der Waals surface area contributed by atoms with Crippen LogP contribution < -0.4 is 4.90 Å². The summed E-state index contributed by atoms with van der Waals surface area (Å²) in [5.74, 6) is -0.194. The van der Waals surface area contributed by atoms with Gasteiger partial charge in [-0.3, -0.25) is 4.79 Å². The molecule has 3 nitrogen and oxygen atoms in total. The zero-order valence-electron chi connectivity index (χ0n) is 13.0. The number of carboxylic acids is 1. The van der Waals surface area contributed by atoms with Gasteiger partial charge in [-0.2, -0.15) is 0 Å². The second kappa shape index (κ2) is 6.27. The van der Waals surface area contributed by atoms with Crippen LogP contribution in [0.3, 0.4) is 0 Å². The van der Waals surface area contributed by atoms with Gasteiger partial charge in [-0.1, -0.05) is 38.4 Å². The van der Waals surface area contributed by atoms with E-state index >= 15 is 0 Å². The average molecular weight is 310 g/mol. The van der Waals surface area contributed by atoms with E-state index in [1.165, 1.54) is 6.42 Å². The molecule has 0 aromatic heterocycles. The van der Waals surface area contributed by atoms with Crippen molar-refractivity contribution in [1.82, 2.24) is 0 Å². The Morgan fingerprint density at radius 2 is 2.14 bits per heavy atom. The van der Waals surface area contributed by atoms with Crippen molar-refractivity contribution in [1.29, 1.82) is 0 Å². The molecule has 1 aromatic rings. The standard InChI is InChI=1S/C17H24ClNO2/c1-12-7-15(10-17(2,3)9-12)19(11-16(20)21)14-6-4-5-13(18)8-14/h4-6,8,12,15H,7,9-11H2,1-3H3,(H,20,21). The van der Waals surface area contributed by atoms with Crippen molar-refractivity contribution < 1.29 is 9.90 Å². The normalized spacial score (nSPS) is 24.6. The van der Waals surface area contributed by atoms with Crippen LogP contribution in [0.5, 0.6) is 0 Å². The summed E-state index contributed by atoms with van der Waals surface area (Å²) in [4.78, 5) is 13.3. The Labute approximate surface area is 131 Å². The molecule has 0 bridgehead atoms. The van der Waals surface area contributed by atoms with Crippen LogP contribution in [-0.2, 0) is 4.79 Å². The third-order valence-electron chi connectivity index (χ3n) is 4.25. The first-order valence-electron chi connectivity index (χ1n) is 7.51. The molecule has 0 saturated heterocycles. The highest BCUT2D eigenvalue weighted by atomic mass is 35.5. The fourth-order valence-electron chi connectivity index (χ4n) is 3.76. The molecule has 4 heteroatoms. The topological polar surface area (TPSA) is 40.5 Å². The lowest BCUT2D eigenvalue weighted by molar-refractivity contribution is -0.135. The van der Waals surface area contributed by atoms with Crippen LogP contribution in [0.1, 0.15) is 40.0 Å². The molecular formula is C17H24ClNO2. The number of hydrogen-bond acceptors (Lipinski definition) is 2. The van der Waals surface area contributed by atoms with Gasteiger partial charge < -0.3 is 10.0 Å². The maximum Gasteiger partial charge on any atom is 0.323 e. The van der Waals surface area contributed by atoms with Gasteiger partial charge >= 0.3 is 5.97 Å². The first-order valence-corrected chi connectivity index (χ1v) is 7.89. The van der Waals surface area contributed by atoms with Gasteiger partial charge in [0.2, 0.25) is 0 Å². The van der Waals surface area contributed by atoms with E-state index in [2.05, 4.69) is 20.8 Å². The lowest BCUT2D eigenvalue weighted by Crippen LogP contribution is -2.45. The van der Waals surface area contributed by atoms with Gasteiger partial charge in [0, 0.05) is 16.8 Å². The summed E-state index contributed by atoms with van der Waals surface area (Å²) in [5, 5.41) is 9.91. The predicted octanol–water partition coefficient (Wildman–Crippen LogP) is 4.45. The van der Waals surface area contributed by atoms with E-state index in [9.17, 15) is 9.90 Å². The van der Waals surface area contributed by atoms with E-state index in [1.807, 2.05) is 29.2 Å². The summed E-state index contributed by atoms with van der Waals surface area (Å²) >= 11 is 6.08. The number of nitrogens with zero attached hydrogens (tertiary/aromatic N) is 1. The molecule has 0 spiro atoms. The zero-order chi connectivity index (χ0) is 15.6. The van der Waals surface area contributed by atoms with E-state index in [1.54, 1.807) is 0 Å². The van der Waals surface area contributed by atoms with Crippen molar-refractivity contribution in [2.45, 2.75) is 46.1 Å². The van der Waals surface area contributed by atoms with Gasteiger partial charge in [-0.05, 0) is 48.8 Å². The molecule has 2 unspecified atom stereocenters. The van der Waals surface area contributed by atoms with E-state index in [-0.39, 0.29) is 18.0 Å². The number of benzene rings is 1. The fourth-order valence-corrected chi connectivity index (χ4v) is 3.95. The lowest BCUT2D eigenvalue weighted by atomic mass is 9.70. The molecule has 0 amide bonds. The Morgan fingerprint density at radius 1 is 1.43 bits per heavy atom. The van der Waals surface area contributed by atoms with Crippen LogP contribution in [0.4, 0.5) is 5.69 Å². The van der Waals surface area contributed by atoms with Crippen molar-refractivity contribution in [3.63, 3.8) is 0 Å². The van der Waals surface area contributed by atoms with Crippen molar-refractivity contribution in [3.05, 3.63) is 29.3 Å². The average Bonchev–Trinajstić information content (AvgIpc) is 2.33. The van der Waals surface area contributed by atoms with Gasteiger partial charge in [-0.15, -0.1) is 0 Å². The molecule has 21 heavy (non-hydrogen) atoms. The molecule has 116 valence electrons. The van der Waals surface area contributed by atoms with E-state index < -0.39 is 5.97 Å². The molecule has 1 fully saturated rings. The summed E-state index contributed by atoms with van der Waals surface area (Å²) in [7, 11) is 0. The number of carboxylic acid groups (broad SMARTS) is 1. The molecule has 1 saturated carbocycles. The molecule has 0 heterocycles. The smallest absolute Gasteiger partial charge is 0.323 e. The number of halogens is 1. The summed E-state index contributed by atoms with van der Waals surface area (Å²) in [6.07, 6.45) is 3.24. The largest absolute Gasteiger partial charge is 0.480 e. The van der Waals surface area contributed by atoms with E-state index in [0.717, 1.165) is 18.5 Å². The molecule has 1 aliphatic carbocycles. The number of aliphatic carboxylic acids is 1. The van der Waals surface area contributed by atoms with Gasteiger partial charge in [0.15, 0.2) is 0 Å². The maximum atomic E-state index is 11.3. The Kier molecular flexibility index (Phi) is 4.82. The second-order valence-corrected chi connectivity index (χ2v) is 7.51. The van der Waals surface area contributed by atoms with Crippen LogP contribution in [-0.4, -0.2) is 23.7 Å². The minimum absolute atomic E-state index is 0.0216. The van der Waals surface area contributed by atoms with Gasteiger partial charge in [-0.25, -0.2) is 0 Å². The summed E-state index contributed by atoms with van der Waals surface area (Å²) in [5.41, 5.74) is 1.15. The Morgan fingerprint density at radius 3 is 2.71 bits per heavy atom. The highest BCUT2D eigenvalue weighted by Crippen LogP contribution is 2.41. The first-order chi connectivity index (χ1) is 9.77. The van der Waals surface area contributed by atoms with Crippen LogP contribution in [0.25, 0.3) is 0 Å². The van der Waals surface area contributed by atoms with Gasteiger partial charge in [0.25, 0.3) is 0 Å². The SMILES string of the molecule is CC1CC(N(CC(=O)O)c2cccc(Cl)c2)CC(C)(C)C1. The molecule has 2 rings (SSSR count). The summed E-state index contributed by atoms with van der Waals surface area (Å²) in [6.45, 7) is 6.82. The number of hydrogen-bond donors (Lipinski definition) is 1. The Balaban J connectivity index is 2.29. The lowest BCUT2D eigenvalue weighted by Gasteiger charge is -2.44. The molecule has 0 aliphatic heterocycles. The molecule has 1 aromatic carbocycles. The third-order valence-corrected chi connectivity index (χ3v) is 4.49. The summed E-state index contributed by atoms with van der Waals surface area (Å²) < 4.78 is 0. The Hall–Kier alpha value is -1.22. The minimum atomic E-state index is -0.800. The molecule has 1 N–H and O–H groups in total.